The third-order valence-electron chi connectivity index (χ3n) is 3.99. The zero-order chi connectivity index (χ0) is 16.7. The van der Waals surface area contributed by atoms with E-state index >= 15 is 0 Å². The van der Waals surface area contributed by atoms with Gasteiger partial charge < -0.3 is 19.4 Å². The van der Waals surface area contributed by atoms with E-state index in [1.54, 1.807) is 4.90 Å². The second-order valence-electron chi connectivity index (χ2n) is 5.82. The van der Waals surface area contributed by atoms with E-state index in [4.69, 9.17) is 4.42 Å². The number of nitrogens with zero attached hydrogens (tertiary/aromatic N) is 2. The molecule has 0 aromatic carbocycles. The maximum absolute atomic E-state index is 12.5. The summed E-state index contributed by atoms with van der Waals surface area (Å²) in [6, 6.07) is 0.155. The van der Waals surface area contributed by atoms with Crippen LogP contribution in [-0.4, -0.2) is 41.6 Å². The van der Waals surface area contributed by atoms with E-state index in [9.17, 15) is 9.59 Å². The summed E-state index contributed by atoms with van der Waals surface area (Å²) < 4.78 is 9.87. The number of carbonyl (C=O) groups is 2. The molecule has 1 aromatic rings. The first kappa shape index (κ1) is 17.3. The minimum atomic E-state index is -0.548. The maximum atomic E-state index is 12.5. The zero-order valence-electron chi connectivity index (χ0n) is 13.8. The molecule has 0 aliphatic heterocycles. The number of hydrogen-bond acceptors (Lipinski definition) is 5. The molecule has 1 saturated carbocycles. The molecule has 0 radical (unpaired) electrons. The van der Waals surface area contributed by atoms with E-state index in [1.165, 1.54) is 32.6 Å². The molecule has 7 heteroatoms. The number of urea groups is 1. The summed E-state index contributed by atoms with van der Waals surface area (Å²) in [7, 11) is 1.29. The summed E-state index contributed by atoms with van der Waals surface area (Å²) in [5.74, 6) is -0.216. The van der Waals surface area contributed by atoms with Crippen LogP contribution in [0.15, 0.2) is 10.7 Å². The maximum Gasteiger partial charge on any atom is 0.360 e. The molecule has 1 heterocycles. The number of methoxy groups -OCH3 is 1. The number of amides is 2. The van der Waals surface area contributed by atoms with Crippen molar-refractivity contribution in [3.8, 4) is 0 Å². The lowest BCUT2D eigenvalue weighted by molar-refractivity contribution is 0.0594. The number of esters is 1. The number of rotatable bonds is 6. The smallest absolute Gasteiger partial charge is 0.360 e. The first-order valence-electron chi connectivity index (χ1n) is 8.22. The SMILES string of the molecule is CCCN(Cc1nc(C(=O)OC)co1)C(=O)NC1CCCCC1. The number of hydrogen-bond donors (Lipinski definition) is 1. The van der Waals surface area contributed by atoms with E-state index in [0.29, 0.717) is 12.4 Å². The molecule has 1 aliphatic rings. The van der Waals surface area contributed by atoms with Crippen LogP contribution in [0.25, 0.3) is 0 Å². The molecular weight excluding hydrogens is 298 g/mol. The predicted molar refractivity (Wildman–Crippen MR) is 83.9 cm³/mol. The van der Waals surface area contributed by atoms with E-state index in [0.717, 1.165) is 19.3 Å². The van der Waals surface area contributed by atoms with Crippen LogP contribution in [-0.2, 0) is 11.3 Å². The first-order chi connectivity index (χ1) is 11.1. The van der Waals surface area contributed by atoms with Gasteiger partial charge in [0.15, 0.2) is 5.69 Å². The van der Waals surface area contributed by atoms with Crippen molar-refractivity contribution in [2.75, 3.05) is 13.7 Å². The third kappa shape index (κ3) is 4.97. The molecule has 0 bridgehead atoms. The molecule has 7 nitrogen and oxygen atoms in total. The summed E-state index contributed by atoms with van der Waals surface area (Å²) in [6.07, 6.45) is 7.75. The van der Waals surface area contributed by atoms with Crippen LogP contribution in [0, 0.1) is 0 Å². The Balaban J connectivity index is 1.95. The van der Waals surface area contributed by atoms with Gasteiger partial charge in [0.1, 0.15) is 6.26 Å². The van der Waals surface area contributed by atoms with E-state index in [1.807, 2.05) is 6.92 Å². The number of nitrogens with one attached hydrogen (secondary N) is 1. The van der Waals surface area contributed by atoms with Gasteiger partial charge in [0.25, 0.3) is 0 Å². The van der Waals surface area contributed by atoms with Gasteiger partial charge in [0, 0.05) is 12.6 Å². The van der Waals surface area contributed by atoms with Crippen LogP contribution >= 0.6 is 0 Å². The van der Waals surface area contributed by atoms with Gasteiger partial charge in [-0.05, 0) is 19.3 Å². The van der Waals surface area contributed by atoms with Gasteiger partial charge in [-0.25, -0.2) is 14.6 Å². The molecule has 1 aromatic heterocycles. The molecule has 0 saturated heterocycles. The Morgan fingerprint density at radius 2 is 2.13 bits per heavy atom. The standard InChI is InChI=1S/C16H25N3O4/c1-3-9-19(16(21)17-12-7-5-4-6-8-12)10-14-18-13(11-23-14)15(20)22-2/h11-12H,3-10H2,1-2H3,(H,17,21). The highest BCUT2D eigenvalue weighted by Gasteiger charge is 2.21. The first-order valence-corrected chi connectivity index (χ1v) is 8.22. The lowest BCUT2D eigenvalue weighted by atomic mass is 9.96. The average Bonchev–Trinajstić information content (AvgIpc) is 3.03. The summed E-state index contributed by atoms with van der Waals surface area (Å²) >= 11 is 0. The summed E-state index contributed by atoms with van der Waals surface area (Å²) in [5.41, 5.74) is 0.117. The van der Waals surface area contributed by atoms with Crippen LogP contribution in [0.5, 0.6) is 0 Å². The lowest BCUT2D eigenvalue weighted by Crippen LogP contribution is -2.45. The predicted octanol–water partition coefficient (Wildman–Crippen LogP) is 2.72. The van der Waals surface area contributed by atoms with Gasteiger partial charge in [0.05, 0.1) is 13.7 Å². The fraction of sp³-hybridized carbons (Fsp3) is 0.688. The Morgan fingerprint density at radius 1 is 1.39 bits per heavy atom. The zero-order valence-corrected chi connectivity index (χ0v) is 13.8. The van der Waals surface area contributed by atoms with Crippen molar-refractivity contribution in [2.24, 2.45) is 0 Å². The van der Waals surface area contributed by atoms with Crippen LogP contribution in [0.4, 0.5) is 4.79 Å². The van der Waals surface area contributed by atoms with E-state index in [-0.39, 0.29) is 24.3 Å². The molecule has 2 rings (SSSR count). The number of aromatic nitrogens is 1. The molecule has 0 spiro atoms. The van der Waals surface area contributed by atoms with Crippen molar-refractivity contribution in [3.63, 3.8) is 0 Å². The van der Waals surface area contributed by atoms with Gasteiger partial charge in [-0.3, -0.25) is 0 Å². The normalized spacial score (nSPS) is 15.2. The lowest BCUT2D eigenvalue weighted by Gasteiger charge is -2.27. The van der Waals surface area contributed by atoms with Gasteiger partial charge in [-0.1, -0.05) is 26.2 Å². The second-order valence-corrected chi connectivity index (χ2v) is 5.82. The highest BCUT2D eigenvalue weighted by molar-refractivity contribution is 5.86. The molecule has 1 fully saturated rings. The minimum absolute atomic E-state index is 0.100. The summed E-state index contributed by atoms with van der Waals surface area (Å²) in [4.78, 5) is 29.6. The van der Waals surface area contributed by atoms with Gasteiger partial charge in [0.2, 0.25) is 5.89 Å². The van der Waals surface area contributed by atoms with Crippen molar-refractivity contribution in [3.05, 3.63) is 17.8 Å². The van der Waals surface area contributed by atoms with E-state index in [2.05, 4.69) is 15.0 Å². The highest BCUT2D eigenvalue weighted by atomic mass is 16.5. The molecule has 1 aliphatic carbocycles. The number of ether oxygens (including phenoxy) is 1. The van der Waals surface area contributed by atoms with Crippen LogP contribution in [0.3, 0.4) is 0 Å². The quantitative estimate of drug-likeness (QED) is 0.814. The number of oxazole rings is 1. The third-order valence-corrected chi connectivity index (χ3v) is 3.99. The molecule has 0 unspecified atom stereocenters. The van der Waals surface area contributed by atoms with Crippen molar-refractivity contribution < 1.29 is 18.7 Å². The minimum Gasteiger partial charge on any atom is -0.464 e. The van der Waals surface area contributed by atoms with Gasteiger partial charge in [-0.15, -0.1) is 0 Å². The van der Waals surface area contributed by atoms with Crippen LogP contribution < -0.4 is 5.32 Å². The molecule has 0 atom stereocenters. The largest absolute Gasteiger partial charge is 0.464 e. The Hall–Kier alpha value is -2.05. The molecule has 1 N–H and O–H groups in total. The Morgan fingerprint density at radius 3 is 2.78 bits per heavy atom. The topological polar surface area (TPSA) is 84.7 Å². The fourth-order valence-electron chi connectivity index (χ4n) is 2.78. The highest BCUT2D eigenvalue weighted by Crippen LogP contribution is 2.18. The Labute approximate surface area is 136 Å². The van der Waals surface area contributed by atoms with E-state index < -0.39 is 5.97 Å². The second kappa shape index (κ2) is 8.55. The molecule has 128 valence electrons. The van der Waals surface area contributed by atoms with Crippen LogP contribution in [0.2, 0.25) is 0 Å². The molecule has 23 heavy (non-hydrogen) atoms. The van der Waals surface area contributed by atoms with Gasteiger partial charge in [-0.2, -0.15) is 0 Å². The average molecular weight is 323 g/mol. The molecular formula is C16H25N3O4. The van der Waals surface area contributed by atoms with Crippen LogP contribution in [0.1, 0.15) is 61.8 Å². The monoisotopic (exact) mass is 323 g/mol. The van der Waals surface area contributed by atoms with Crippen molar-refractivity contribution >= 4 is 12.0 Å². The summed E-state index contributed by atoms with van der Waals surface area (Å²) in [6.45, 7) is 2.86. The molecule has 2 amide bonds. The number of carbonyl (C=O) groups excluding carboxylic acids is 2. The van der Waals surface area contributed by atoms with Gasteiger partial charge >= 0.3 is 12.0 Å². The Kier molecular flexibility index (Phi) is 6.43. The van der Waals surface area contributed by atoms with Crippen molar-refractivity contribution in [1.82, 2.24) is 15.2 Å². The Bertz CT molecular complexity index is 523. The fourth-order valence-corrected chi connectivity index (χ4v) is 2.78. The summed E-state index contributed by atoms with van der Waals surface area (Å²) in [5, 5.41) is 3.09. The van der Waals surface area contributed by atoms with Crippen molar-refractivity contribution in [1.29, 1.82) is 0 Å². The van der Waals surface area contributed by atoms with Crippen molar-refractivity contribution in [2.45, 2.75) is 58.0 Å².